The van der Waals surface area contributed by atoms with Crippen LogP contribution in [0.25, 0.3) is 0 Å². The van der Waals surface area contributed by atoms with Crippen molar-refractivity contribution in [2.45, 2.75) is 113 Å². The van der Waals surface area contributed by atoms with Crippen LogP contribution in [-0.4, -0.2) is 99.1 Å². The Labute approximate surface area is 274 Å². The van der Waals surface area contributed by atoms with E-state index < -0.39 is 105 Å². The first kappa shape index (κ1) is 31.9. The van der Waals surface area contributed by atoms with Crippen molar-refractivity contribution in [3.8, 4) is 0 Å². The number of ether oxygens (including phenoxy) is 7. The van der Waals surface area contributed by atoms with Crippen molar-refractivity contribution >= 4 is 23.9 Å². The molecule has 15 nitrogen and oxygen atoms in total. The number of aliphatic hydroxyl groups excluding tert-OH is 1. The highest BCUT2D eigenvalue weighted by atomic mass is 16.9. The third-order valence-electron chi connectivity index (χ3n) is 13.1. The van der Waals surface area contributed by atoms with E-state index in [2.05, 4.69) is 0 Å². The van der Waals surface area contributed by atoms with E-state index in [1.807, 2.05) is 0 Å². The van der Waals surface area contributed by atoms with E-state index >= 15 is 0 Å². The zero-order valence-corrected chi connectivity index (χ0v) is 27.4. The fourth-order valence-electron chi connectivity index (χ4n) is 11.9. The summed E-state index contributed by atoms with van der Waals surface area (Å²) in [6.07, 6.45) is -3.88. The molecule has 6 fully saturated rings. The SMILES string of the molecule is COC(=O)[C@@H](O)[C@@H]1[C@@]2(C)C[C@@]3(O)C(O)([C@@H]2OC(C)=O)[C@@H]2O[C@]4(C)O[C@]5(C[C@@H](OC(C)=O)[C@@]6(C)C(=CC(=O)O[C@@H]6c6ccoc6)[C@]25O4)[C@@]13C. The summed E-state index contributed by atoms with van der Waals surface area (Å²) < 4.78 is 48.2. The topological polar surface area (TPSA) is 207 Å². The van der Waals surface area contributed by atoms with E-state index in [1.54, 1.807) is 26.8 Å². The number of aliphatic hydroxyl groups is 3. The van der Waals surface area contributed by atoms with E-state index in [4.69, 9.17) is 37.6 Å². The molecule has 4 bridgehead atoms. The average Bonchev–Trinajstić information content (AvgIpc) is 3.76. The molecular weight excluding hydrogens is 636 g/mol. The predicted octanol–water partition coefficient (Wildman–Crippen LogP) is 0.730. The molecule has 4 aliphatic carbocycles. The van der Waals surface area contributed by atoms with Gasteiger partial charge in [-0.25, -0.2) is 9.59 Å². The number of furan rings is 1. The molecule has 0 amide bonds. The Morgan fingerprint density at radius 1 is 1.04 bits per heavy atom. The van der Waals surface area contributed by atoms with Gasteiger partial charge in [0.1, 0.15) is 35.6 Å². The summed E-state index contributed by atoms with van der Waals surface area (Å²) in [7, 11) is 1.10. The van der Waals surface area contributed by atoms with Crippen molar-refractivity contribution in [1.82, 2.24) is 0 Å². The van der Waals surface area contributed by atoms with E-state index in [1.165, 1.54) is 32.4 Å². The molecule has 15 heteroatoms. The van der Waals surface area contributed by atoms with Crippen molar-refractivity contribution in [2.24, 2.45) is 22.2 Å². The minimum atomic E-state index is -2.47. The molecule has 1 aromatic heterocycles. The molecule has 14 atom stereocenters. The zero-order chi connectivity index (χ0) is 34.8. The number of methoxy groups -OCH3 is 1. The van der Waals surface area contributed by atoms with Crippen LogP contribution in [0, 0.1) is 22.2 Å². The van der Waals surface area contributed by atoms with Gasteiger partial charge in [-0.05, 0) is 25.0 Å². The lowest BCUT2D eigenvalue weighted by atomic mass is 9.34. The largest absolute Gasteiger partial charge is 0.472 e. The van der Waals surface area contributed by atoms with Gasteiger partial charge in [0, 0.05) is 55.6 Å². The Morgan fingerprint density at radius 3 is 2.33 bits per heavy atom. The predicted molar refractivity (Wildman–Crippen MR) is 153 cm³/mol. The average molecular weight is 675 g/mol. The summed E-state index contributed by atoms with van der Waals surface area (Å²) in [6, 6.07) is 1.60. The van der Waals surface area contributed by atoms with Gasteiger partial charge in [-0.15, -0.1) is 0 Å². The van der Waals surface area contributed by atoms with Gasteiger partial charge < -0.3 is 52.9 Å². The van der Waals surface area contributed by atoms with Gasteiger partial charge in [0.2, 0.25) is 0 Å². The molecule has 1 spiro atoms. The molecule has 0 radical (unpaired) electrons. The first-order valence-corrected chi connectivity index (χ1v) is 15.9. The molecule has 4 saturated carbocycles. The number of esters is 4. The number of hydrogen-bond acceptors (Lipinski definition) is 15. The second-order valence-electron chi connectivity index (χ2n) is 15.1. The number of fused-ring (bicyclic) bond motifs is 4. The molecule has 48 heavy (non-hydrogen) atoms. The van der Waals surface area contributed by atoms with Gasteiger partial charge in [0.15, 0.2) is 17.3 Å². The lowest BCUT2D eigenvalue weighted by Crippen LogP contribution is -2.93. The fraction of sp³-hybridized carbons (Fsp3) is 0.697. The summed E-state index contributed by atoms with van der Waals surface area (Å²) in [4.78, 5) is 52.4. The number of cyclic esters (lactones) is 1. The molecule has 1 aromatic rings. The van der Waals surface area contributed by atoms with Crippen LogP contribution in [0.2, 0.25) is 0 Å². The highest BCUT2D eigenvalue weighted by molar-refractivity contribution is 5.86. The Kier molecular flexibility index (Phi) is 5.89. The lowest BCUT2D eigenvalue weighted by Gasteiger charge is -2.76. The van der Waals surface area contributed by atoms with Gasteiger partial charge in [0.25, 0.3) is 5.97 Å². The van der Waals surface area contributed by atoms with Gasteiger partial charge in [-0.2, -0.15) is 0 Å². The zero-order valence-electron chi connectivity index (χ0n) is 27.4. The van der Waals surface area contributed by atoms with Crippen molar-refractivity contribution in [2.75, 3.05) is 7.11 Å². The van der Waals surface area contributed by atoms with Crippen LogP contribution in [0.3, 0.4) is 0 Å². The quantitative estimate of drug-likeness (QED) is 0.291. The maximum absolute atomic E-state index is 13.6. The molecule has 3 aliphatic heterocycles. The molecule has 260 valence electrons. The summed E-state index contributed by atoms with van der Waals surface area (Å²) in [6.45, 7) is 8.71. The Balaban J connectivity index is 1.49. The van der Waals surface area contributed by atoms with Crippen LogP contribution in [0.5, 0.6) is 0 Å². The fourth-order valence-corrected chi connectivity index (χ4v) is 11.9. The highest BCUT2D eigenvalue weighted by Crippen LogP contribution is 2.88. The maximum Gasteiger partial charge on any atom is 0.335 e. The Hall–Kier alpha value is -3.34. The van der Waals surface area contributed by atoms with Crippen LogP contribution >= 0.6 is 0 Å². The monoisotopic (exact) mass is 674 g/mol. The second-order valence-corrected chi connectivity index (χ2v) is 15.1. The Bertz CT molecular complexity index is 1710. The smallest absolute Gasteiger partial charge is 0.335 e. The van der Waals surface area contributed by atoms with E-state index in [9.17, 15) is 34.5 Å². The lowest BCUT2D eigenvalue weighted by molar-refractivity contribution is -0.449. The minimum Gasteiger partial charge on any atom is -0.472 e. The van der Waals surface area contributed by atoms with Crippen LogP contribution in [0.15, 0.2) is 34.7 Å². The van der Waals surface area contributed by atoms with Gasteiger partial charge >= 0.3 is 23.9 Å². The summed E-state index contributed by atoms with van der Waals surface area (Å²) in [5.41, 5.74) is -12.8. The van der Waals surface area contributed by atoms with Crippen molar-refractivity contribution < 1.29 is 72.1 Å². The number of carbonyl (C=O) groups is 4. The number of rotatable bonds is 5. The molecule has 7 aliphatic rings. The summed E-state index contributed by atoms with van der Waals surface area (Å²) >= 11 is 0. The molecule has 8 rings (SSSR count). The normalized spacial score (nSPS) is 52.5. The first-order valence-electron chi connectivity index (χ1n) is 15.9. The van der Waals surface area contributed by atoms with Crippen LogP contribution in [0.1, 0.15) is 66.1 Å². The second kappa shape index (κ2) is 8.87. The van der Waals surface area contributed by atoms with Gasteiger partial charge in [0.05, 0.1) is 25.1 Å². The minimum absolute atomic E-state index is 0.159. The first-order chi connectivity index (χ1) is 22.3. The highest BCUT2D eigenvalue weighted by Gasteiger charge is 3.03. The Morgan fingerprint density at radius 2 is 1.73 bits per heavy atom. The van der Waals surface area contributed by atoms with Crippen molar-refractivity contribution in [3.63, 3.8) is 0 Å². The molecule has 2 saturated heterocycles. The molecule has 3 N–H and O–H groups in total. The summed E-state index contributed by atoms with van der Waals surface area (Å²) in [5.74, 6) is -6.59. The van der Waals surface area contributed by atoms with Crippen LogP contribution < -0.4 is 0 Å². The molecule has 4 heterocycles. The maximum atomic E-state index is 13.6. The molecular formula is C33H38O15. The van der Waals surface area contributed by atoms with E-state index in [0.717, 1.165) is 14.0 Å². The van der Waals surface area contributed by atoms with Gasteiger partial charge in [-0.3, -0.25) is 9.59 Å². The summed E-state index contributed by atoms with van der Waals surface area (Å²) in [5, 5.41) is 38.2. The third-order valence-corrected chi connectivity index (χ3v) is 13.1. The molecule has 0 aromatic carbocycles. The van der Waals surface area contributed by atoms with E-state index in [-0.39, 0.29) is 18.4 Å². The molecule has 1 unspecified atom stereocenters. The standard InChI is InChI=1S/C33H38O15/c1-14(34)43-18-11-31-28(5)21(20(37)23(38)41-7)26(3)13-30(28,39)32(40,24(26)44-15(2)35)25-33(31,48-29(6,46-25)47-31)17-10-19(36)45-22(27(17,18)4)16-8-9-42-12-16/h8-10,12,18,20-22,24-25,37,39-40H,11,13H2,1-7H3/t18-,20+,21-,22-,24-,25+,26-,27-,28+,29-,30+,31-,32?,33+/m1/s1. The number of carbonyl (C=O) groups excluding carboxylic acids is 4. The van der Waals surface area contributed by atoms with Gasteiger partial charge in [-0.1, -0.05) is 13.8 Å². The van der Waals surface area contributed by atoms with Crippen LogP contribution in [-0.2, 0) is 52.3 Å². The number of hydrogen-bond donors (Lipinski definition) is 3. The van der Waals surface area contributed by atoms with E-state index in [0.29, 0.717) is 5.56 Å². The van der Waals surface area contributed by atoms with Crippen molar-refractivity contribution in [3.05, 3.63) is 35.8 Å². The van der Waals surface area contributed by atoms with Crippen molar-refractivity contribution in [1.29, 1.82) is 0 Å². The van der Waals surface area contributed by atoms with Crippen LogP contribution in [0.4, 0.5) is 0 Å². The third kappa shape index (κ3) is 2.98.